The highest BCUT2D eigenvalue weighted by atomic mass is 32.2. The summed E-state index contributed by atoms with van der Waals surface area (Å²) in [6.45, 7) is 3.37. The van der Waals surface area contributed by atoms with Crippen LogP contribution in [0.1, 0.15) is 36.3 Å². The lowest BCUT2D eigenvalue weighted by Crippen LogP contribution is -2.36. The molecule has 6 heteroatoms. The Morgan fingerprint density at radius 2 is 2.07 bits per heavy atom. The van der Waals surface area contributed by atoms with Gasteiger partial charge in [0.1, 0.15) is 5.82 Å². The van der Waals surface area contributed by atoms with Crippen LogP contribution in [0, 0.1) is 0 Å². The Labute approximate surface area is 165 Å². The molecule has 1 aliphatic heterocycles. The van der Waals surface area contributed by atoms with Crippen LogP contribution < -0.4 is 4.90 Å². The standard InChI is InChI=1S/C21H26N4OS/c1-27-21-22-10-9-19(23-21)24-11-4-12-25(14-13-24)20(26)15-17-8-7-16-5-2-3-6-18(16)17/h2-3,5-6,9-10,17H,4,7-8,11-15H2,1H3. The van der Waals surface area contributed by atoms with Gasteiger partial charge in [0.15, 0.2) is 5.16 Å². The zero-order valence-corrected chi connectivity index (χ0v) is 16.6. The zero-order valence-electron chi connectivity index (χ0n) is 15.8. The second-order valence-corrected chi connectivity index (χ2v) is 8.03. The van der Waals surface area contributed by atoms with Crippen LogP contribution in [-0.2, 0) is 11.2 Å². The van der Waals surface area contributed by atoms with Gasteiger partial charge in [0.25, 0.3) is 0 Å². The normalized spacial score (nSPS) is 19.7. The van der Waals surface area contributed by atoms with E-state index in [0.717, 1.165) is 56.4 Å². The lowest BCUT2D eigenvalue weighted by atomic mass is 9.97. The van der Waals surface area contributed by atoms with Crippen molar-refractivity contribution in [3.8, 4) is 0 Å². The van der Waals surface area contributed by atoms with Gasteiger partial charge in [-0.3, -0.25) is 4.79 Å². The smallest absolute Gasteiger partial charge is 0.223 e. The zero-order chi connectivity index (χ0) is 18.6. The van der Waals surface area contributed by atoms with Crippen molar-refractivity contribution in [1.29, 1.82) is 0 Å². The largest absolute Gasteiger partial charge is 0.355 e. The molecule has 142 valence electrons. The molecule has 1 aromatic carbocycles. The van der Waals surface area contributed by atoms with Crippen LogP contribution in [-0.4, -0.2) is 53.2 Å². The second-order valence-electron chi connectivity index (χ2n) is 7.26. The molecule has 2 aliphatic rings. The van der Waals surface area contributed by atoms with E-state index in [-0.39, 0.29) is 0 Å². The molecule has 0 N–H and O–H groups in total. The third-order valence-electron chi connectivity index (χ3n) is 5.65. The highest BCUT2D eigenvalue weighted by Gasteiger charge is 2.27. The Kier molecular flexibility index (Phi) is 5.62. The molecule has 1 saturated heterocycles. The lowest BCUT2D eigenvalue weighted by molar-refractivity contribution is -0.131. The average molecular weight is 383 g/mol. The number of benzene rings is 1. The number of thioether (sulfide) groups is 1. The van der Waals surface area contributed by atoms with Gasteiger partial charge in [0.05, 0.1) is 0 Å². The average Bonchev–Trinajstić information content (AvgIpc) is 2.95. The number of carbonyl (C=O) groups is 1. The summed E-state index contributed by atoms with van der Waals surface area (Å²) in [6, 6.07) is 10.6. The maximum absolute atomic E-state index is 12.9. The van der Waals surface area contributed by atoms with Crippen LogP contribution in [0.25, 0.3) is 0 Å². The van der Waals surface area contributed by atoms with Crippen LogP contribution in [0.3, 0.4) is 0 Å². The Balaban J connectivity index is 1.37. The lowest BCUT2D eigenvalue weighted by Gasteiger charge is -2.24. The van der Waals surface area contributed by atoms with E-state index in [1.165, 1.54) is 11.1 Å². The second kappa shape index (κ2) is 8.30. The topological polar surface area (TPSA) is 49.3 Å². The van der Waals surface area contributed by atoms with E-state index in [9.17, 15) is 4.79 Å². The third-order valence-corrected chi connectivity index (χ3v) is 6.21. The highest BCUT2D eigenvalue weighted by molar-refractivity contribution is 7.98. The van der Waals surface area contributed by atoms with E-state index in [1.807, 2.05) is 18.5 Å². The number of fused-ring (bicyclic) bond motifs is 1. The van der Waals surface area contributed by atoms with Crippen molar-refractivity contribution < 1.29 is 4.79 Å². The number of hydrogen-bond acceptors (Lipinski definition) is 5. The van der Waals surface area contributed by atoms with Crippen LogP contribution in [0.2, 0.25) is 0 Å². The molecule has 2 heterocycles. The minimum Gasteiger partial charge on any atom is -0.355 e. The molecule has 4 rings (SSSR count). The van der Waals surface area contributed by atoms with Gasteiger partial charge in [-0.05, 0) is 48.6 Å². The number of anilines is 1. The summed E-state index contributed by atoms with van der Waals surface area (Å²) >= 11 is 1.56. The summed E-state index contributed by atoms with van der Waals surface area (Å²) in [5.74, 6) is 1.65. The van der Waals surface area contributed by atoms with Gasteiger partial charge in [0.2, 0.25) is 5.91 Å². The van der Waals surface area contributed by atoms with Crippen LogP contribution in [0.5, 0.6) is 0 Å². The van der Waals surface area contributed by atoms with Crippen molar-refractivity contribution in [2.45, 2.75) is 36.8 Å². The number of aryl methyl sites for hydroxylation is 1. The molecule has 0 spiro atoms. The highest BCUT2D eigenvalue weighted by Crippen LogP contribution is 2.35. The number of hydrogen-bond donors (Lipinski definition) is 0. The minimum atomic E-state index is 0.297. The summed E-state index contributed by atoms with van der Waals surface area (Å²) in [7, 11) is 0. The molecule has 0 radical (unpaired) electrons. The molecule has 1 fully saturated rings. The summed E-state index contributed by atoms with van der Waals surface area (Å²) < 4.78 is 0. The van der Waals surface area contributed by atoms with Crippen molar-refractivity contribution in [2.24, 2.45) is 0 Å². The minimum absolute atomic E-state index is 0.297. The number of amides is 1. The van der Waals surface area contributed by atoms with E-state index >= 15 is 0 Å². The quantitative estimate of drug-likeness (QED) is 0.599. The number of nitrogens with zero attached hydrogens (tertiary/aromatic N) is 4. The molecular formula is C21H26N4OS. The van der Waals surface area contributed by atoms with Crippen LogP contribution in [0.4, 0.5) is 5.82 Å². The number of aromatic nitrogens is 2. The van der Waals surface area contributed by atoms with Gasteiger partial charge < -0.3 is 9.80 Å². The molecule has 1 aliphatic carbocycles. The predicted molar refractivity (Wildman–Crippen MR) is 109 cm³/mol. The summed E-state index contributed by atoms with van der Waals surface area (Å²) in [6.07, 6.45) is 7.63. The molecule has 5 nitrogen and oxygen atoms in total. The van der Waals surface area contributed by atoms with E-state index < -0.39 is 0 Å². The van der Waals surface area contributed by atoms with Gasteiger partial charge >= 0.3 is 0 Å². The number of carbonyl (C=O) groups excluding carboxylic acids is 1. The Hall–Kier alpha value is -2.08. The third kappa shape index (κ3) is 4.10. The first-order chi connectivity index (χ1) is 13.2. The van der Waals surface area contributed by atoms with Crippen molar-refractivity contribution in [2.75, 3.05) is 37.3 Å². The number of rotatable bonds is 4. The first-order valence-electron chi connectivity index (χ1n) is 9.72. The maximum atomic E-state index is 12.9. The van der Waals surface area contributed by atoms with Gasteiger partial charge in [0, 0.05) is 38.8 Å². The summed E-state index contributed by atoms with van der Waals surface area (Å²) in [5, 5.41) is 0.796. The van der Waals surface area contributed by atoms with Gasteiger partial charge in [-0.15, -0.1) is 0 Å². The maximum Gasteiger partial charge on any atom is 0.223 e. The predicted octanol–water partition coefficient (Wildman–Crippen LogP) is 3.36. The molecule has 1 unspecified atom stereocenters. The fraction of sp³-hybridized carbons (Fsp3) is 0.476. The molecule has 2 aromatic rings. The SMILES string of the molecule is CSc1nccc(N2CCCN(C(=O)CC3CCc4ccccc43)CC2)n1. The van der Waals surface area contributed by atoms with Crippen molar-refractivity contribution in [3.05, 3.63) is 47.7 Å². The summed E-state index contributed by atoms with van der Waals surface area (Å²) in [5.41, 5.74) is 2.80. The Bertz CT molecular complexity index is 812. The van der Waals surface area contributed by atoms with Crippen molar-refractivity contribution in [1.82, 2.24) is 14.9 Å². The first-order valence-corrected chi connectivity index (χ1v) is 10.9. The summed E-state index contributed by atoms with van der Waals surface area (Å²) in [4.78, 5) is 26.1. The van der Waals surface area contributed by atoms with Gasteiger partial charge in [-0.25, -0.2) is 9.97 Å². The molecular weight excluding hydrogens is 356 g/mol. The van der Waals surface area contributed by atoms with E-state index in [1.54, 1.807) is 11.8 Å². The fourth-order valence-electron chi connectivity index (χ4n) is 4.20. The van der Waals surface area contributed by atoms with E-state index in [2.05, 4.69) is 44.0 Å². The van der Waals surface area contributed by atoms with Crippen LogP contribution in [0.15, 0.2) is 41.7 Å². The van der Waals surface area contributed by atoms with E-state index in [0.29, 0.717) is 18.2 Å². The molecule has 1 aromatic heterocycles. The Morgan fingerprint density at radius 3 is 2.96 bits per heavy atom. The fourth-order valence-corrected chi connectivity index (χ4v) is 4.55. The van der Waals surface area contributed by atoms with Crippen molar-refractivity contribution in [3.63, 3.8) is 0 Å². The van der Waals surface area contributed by atoms with Crippen LogP contribution >= 0.6 is 11.8 Å². The van der Waals surface area contributed by atoms with Gasteiger partial charge in [-0.2, -0.15) is 0 Å². The molecule has 1 amide bonds. The van der Waals surface area contributed by atoms with Gasteiger partial charge in [-0.1, -0.05) is 36.0 Å². The molecule has 0 saturated carbocycles. The molecule has 27 heavy (non-hydrogen) atoms. The van der Waals surface area contributed by atoms with Crippen molar-refractivity contribution >= 4 is 23.5 Å². The van der Waals surface area contributed by atoms with E-state index in [4.69, 9.17) is 0 Å². The molecule has 0 bridgehead atoms. The monoisotopic (exact) mass is 382 g/mol. The molecule has 1 atom stereocenters. The first kappa shape index (κ1) is 18.3. The Morgan fingerprint density at radius 1 is 1.19 bits per heavy atom.